The van der Waals surface area contributed by atoms with Gasteiger partial charge in [-0.05, 0) is 56.9 Å². The summed E-state index contributed by atoms with van der Waals surface area (Å²) in [6, 6.07) is 2.98. The molecular weight excluding hydrogens is 364 g/mol. The van der Waals surface area contributed by atoms with Gasteiger partial charge in [-0.3, -0.25) is 9.58 Å². The molecule has 0 unspecified atom stereocenters. The molecule has 1 aliphatic carbocycles. The number of piperidine rings is 1. The number of sulfonamides is 1. The second-order valence-electron chi connectivity index (χ2n) is 9.09. The van der Waals surface area contributed by atoms with Crippen LogP contribution in [0.15, 0.2) is 11.1 Å². The zero-order valence-electron chi connectivity index (χ0n) is 16.3. The van der Waals surface area contributed by atoms with Gasteiger partial charge in [-0.1, -0.05) is 0 Å². The van der Waals surface area contributed by atoms with Crippen LogP contribution < -0.4 is 0 Å². The molecular formula is C19H30N4O3S. The van der Waals surface area contributed by atoms with Crippen molar-refractivity contribution in [3.8, 4) is 0 Å². The van der Waals surface area contributed by atoms with Crippen molar-refractivity contribution in [3.05, 3.63) is 11.8 Å². The van der Waals surface area contributed by atoms with Gasteiger partial charge in [0.2, 0.25) is 0 Å². The third-order valence-electron chi connectivity index (χ3n) is 7.43. The van der Waals surface area contributed by atoms with Crippen LogP contribution in [-0.2, 0) is 21.8 Å². The normalized spacial score (nSPS) is 34.1. The molecule has 1 aromatic heterocycles. The Hall–Kier alpha value is -0.960. The summed E-state index contributed by atoms with van der Waals surface area (Å²) in [7, 11) is -1.74. The zero-order chi connectivity index (χ0) is 18.8. The molecule has 1 spiro atoms. The topological polar surface area (TPSA) is 67.7 Å². The molecule has 4 fully saturated rings. The molecule has 4 heterocycles. The number of likely N-dealkylation sites (tertiary alicyclic amines) is 1. The molecule has 0 amide bonds. The van der Waals surface area contributed by atoms with E-state index < -0.39 is 10.0 Å². The van der Waals surface area contributed by atoms with Crippen molar-refractivity contribution in [2.75, 3.05) is 26.2 Å². The van der Waals surface area contributed by atoms with Gasteiger partial charge in [0.15, 0.2) is 5.03 Å². The molecule has 3 atom stereocenters. The number of aromatic nitrogens is 2. The van der Waals surface area contributed by atoms with E-state index in [9.17, 15) is 8.42 Å². The third kappa shape index (κ3) is 2.96. The van der Waals surface area contributed by atoms with E-state index in [4.69, 9.17) is 4.74 Å². The van der Waals surface area contributed by atoms with E-state index in [1.165, 1.54) is 30.4 Å². The molecule has 0 N–H and O–H groups in total. The Bertz CT molecular complexity index is 828. The fraction of sp³-hybridized carbons (Fsp3) is 0.842. The van der Waals surface area contributed by atoms with Crippen LogP contribution in [0.3, 0.4) is 0 Å². The SMILES string of the molecule is Cc1cc(S(=O)(=O)N2CCC3(CC[C@@H](N4C[C@H]5C[C@@H]4CO5)C3)CC2)n(C)n1. The lowest BCUT2D eigenvalue weighted by Gasteiger charge is -2.40. The van der Waals surface area contributed by atoms with Crippen molar-refractivity contribution in [2.45, 2.75) is 68.7 Å². The van der Waals surface area contributed by atoms with Crippen LogP contribution in [0.4, 0.5) is 0 Å². The summed E-state index contributed by atoms with van der Waals surface area (Å²) >= 11 is 0. The first kappa shape index (κ1) is 18.1. The highest BCUT2D eigenvalue weighted by molar-refractivity contribution is 7.89. The van der Waals surface area contributed by atoms with Gasteiger partial charge < -0.3 is 4.74 Å². The lowest BCUT2D eigenvalue weighted by Crippen LogP contribution is -2.45. The van der Waals surface area contributed by atoms with Crippen LogP contribution in [0, 0.1) is 12.3 Å². The van der Waals surface area contributed by atoms with E-state index in [-0.39, 0.29) is 0 Å². The highest BCUT2D eigenvalue weighted by Crippen LogP contribution is 2.49. The number of fused-ring (bicyclic) bond motifs is 2. The number of ether oxygens (including phenoxy) is 1. The van der Waals surface area contributed by atoms with E-state index in [1.807, 2.05) is 6.92 Å². The Balaban J connectivity index is 1.25. The number of hydrogen-bond donors (Lipinski definition) is 0. The van der Waals surface area contributed by atoms with Crippen molar-refractivity contribution < 1.29 is 13.2 Å². The monoisotopic (exact) mass is 394 g/mol. The minimum atomic E-state index is -3.45. The molecule has 5 rings (SSSR count). The second kappa shape index (κ2) is 6.27. The van der Waals surface area contributed by atoms with Crippen molar-refractivity contribution in [2.24, 2.45) is 12.5 Å². The summed E-state index contributed by atoms with van der Waals surface area (Å²) in [5.41, 5.74) is 1.08. The van der Waals surface area contributed by atoms with Crippen LogP contribution in [0.5, 0.6) is 0 Å². The zero-order valence-corrected chi connectivity index (χ0v) is 17.1. The van der Waals surface area contributed by atoms with Crippen LogP contribution in [0.25, 0.3) is 0 Å². The van der Waals surface area contributed by atoms with Gasteiger partial charge in [0, 0.05) is 38.8 Å². The highest BCUT2D eigenvalue weighted by Gasteiger charge is 2.49. The molecule has 7 nitrogen and oxygen atoms in total. The molecule has 150 valence electrons. The number of aryl methyl sites for hydroxylation is 2. The van der Waals surface area contributed by atoms with Crippen molar-refractivity contribution in [1.29, 1.82) is 0 Å². The Morgan fingerprint density at radius 1 is 1.22 bits per heavy atom. The minimum Gasteiger partial charge on any atom is -0.375 e. The summed E-state index contributed by atoms with van der Waals surface area (Å²) in [6.07, 6.45) is 7.37. The largest absolute Gasteiger partial charge is 0.375 e. The van der Waals surface area contributed by atoms with Gasteiger partial charge in [-0.2, -0.15) is 9.40 Å². The first-order chi connectivity index (χ1) is 12.9. The molecule has 3 saturated heterocycles. The molecule has 27 heavy (non-hydrogen) atoms. The maximum Gasteiger partial charge on any atom is 0.260 e. The maximum absolute atomic E-state index is 13.0. The summed E-state index contributed by atoms with van der Waals surface area (Å²) in [6.45, 7) is 5.11. The summed E-state index contributed by atoms with van der Waals surface area (Å²) in [5, 5.41) is 4.52. The highest BCUT2D eigenvalue weighted by atomic mass is 32.2. The van der Waals surface area contributed by atoms with E-state index in [2.05, 4.69) is 10.00 Å². The maximum atomic E-state index is 13.0. The van der Waals surface area contributed by atoms with Crippen molar-refractivity contribution in [1.82, 2.24) is 19.0 Å². The van der Waals surface area contributed by atoms with Crippen molar-refractivity contribution >= 4 is 10.0 Å². The van der Waals surface area contributed by atoms with Crippen LogP contribution in [0.1, 0.15) is 44.2 Å². The van der Waals surface area contributed by atoms with Crippen LogP contribution in [0.2, 0.25) is 0 Å². The summed E-state index contributed by atoms with van der Waals surface area (Å²) in [5.74, 6) is 0. The first-order valence-electron chi connectivity index (χ1n) is 10.2. The lowest BCUT2D eigenvalue weighted by atomic mass is 9.77. The van der Waals surface area contributed by atoms with E-state index in [1.54, 1.807) is 17.4 Å². The standard InChI is InChI=1S/C19H30N4O3S/c1-14-9-18(21(2)20-14)27(24,25)22-7-5-19(6-8-22)4-3-15(11-19)23-12-17-10-16(23)13-26-17/h9,15-17H,3-8,10-13H2,1-2H3/t15-,16-,17-/m1/s1. The van der Waals surface area contributed by atoms with Gasteiger partial charge in [-0.25, -0.2) is 8.42 Å². The third-order valence-corrected chi connectivity index (χ3v) is 9.39. The van der Waals surface area contributed by atoms with E-state index in [0.29, 0.717) is 41.7 Å². The van der Waals surface area contributed by atoms with Crippen LogP contribution in [-0.4, -0.2) is 71.8 Å². The van der Waals surface area contributed by atoms with Gasteiger partial charge in [-0.15, -0.1) is 0 Å². The van der Waals surface area contributed by atoms with Gasteiger partial charge in [0.05, 0.1) is 18.4 Å². The average molecular weight is 395 g/mol. The molecule has 2 bridgehead atoms. The smallest absolute Gasteiger partial charge is 0.260 e. The van der Waals surface area contributed by atoms with E-state index >= 15 is 0 Å². The van der Waals surface area contributed by atoms with E-state index in [0.717, 1.165) is 31.7 Å². The first-order valence-corrected chi connectivity index (χ1v) is 11.7. The lowest BCUT2D eigenvalue weighted by molar-refractivity contribution is 0.00873. The molecule has 0 aromatic carbocycles. The van der Waals surface area contributed by atoms with Crippen molar-refractivity contribution in [3.63, 3.8) is 0 Å². The quantitative estimate of drug-likeness (QED) is 0.778. The molecule has 1 saturated carbocycles. The van der Waals surface area contributed by atoms with Gasteiger partial charge in [0.1, 0.15) is 0 Å². The van der Waals surface area contributed by atoms with Crippen LogP contribution >= 0.6 is 0 Å². The molecule has 0 radical (unpaired) electrons. The van der Waals surface area contributed by atoms with Gasteiger partial charge >= 0.3 is 0 Å². The number of hydrogen-bond acceptors (Lipinski definition) is 5. The molecule has 4 aliphatic rings. The predicted molar refractivity (Wildman–Crippen MR) is 101 cm³/mol. The minimum absolute atomic E-state index is 0.313. The summed E-state index contributed by atoms with van der Waals surface area (Å²) < 4.78 is 35.0. The Morgan fingerprint density at radius 3 is 2.59 bits per heavy atom. The average Bonchev–Trinajstić information content (AvgIpc) is 3.40. The molecule has 1 aromatic rings. The second-order valence-corrected chi connectivity index (χ2v) is 11.0. The summed E-state index contributed by atoms with van der Waals surface area (Å²) in [4.78, 5) is 2.70. The Morgan fingerprint density at radius 2 is 2.00 bits per heavy atom. The number of rotatable bonds is 3. The number of nitrogens with zero attached hydrogens (tertiary/aromatic N) is 4. The predicted octanol–water partition coefficient (Wildman–Crippen LogP) is 1.53. The van der Waals surface area contributed by atoms with Gasteiger partial charge in [0.25, 0.3) is 10.0 Å². The molecule has 8 heteroatoms. The Labute approximate surface area is 161 Å². The molecule has 3 aliphatic heterocycles. The Kier molecular flexibility index (Phi) is 4.20. The fourth-order valence-electron chi connectivity index (χ4n) is 5.95. The number of morpholine rings is 1. The fourth-order valence-corrected chi connectivity index (χ4v) is 7.57.